The van der Waals surface area contributed by atoms with Gasteiger partial charge in [-0.3, -0.25) is 9.69 Å². The van der Waals surface area contributed by atoms with Crippen molar-refractivity contribution >= 4 is 28.9 Å². The summed E-state index contributed by atoms with van der Waals surface area (Å²) >= 11 is 0. The topological polar surface area (TPSA) is 116 Å². The second-order valence-corrected chi connectivity index (χ2v) is 14.2. The van der Waals surface area contributed by atoms with E-state index in [-0.39, 0.29) is 18.9 Å². The molecule has 2 amide bonds. The van der Waals surface area contributed by atoms with E-state index >= 15 is 0 Å². The van der Waals surface area contributed by atoms with Crippen LogP contribution in [0, 0.1) is 5.92 Å². The number of carbonyl (C=O) groups excluding carboxylic acids is 3. The number of pyridine rings is 1. The number of rotatable bonds is 8. The fraction of sp³-hybridized carbons (Fsp3) is 0.500. The number of carbonyl (C=O) groups is 3. The second-order valence-electron chi connectivity index (χ2n) is 14.2. The number of benzene rings is 2. The minimum atomic E-state index is -1.12. The van der Waals surface area contributed by atoms with Gasteiger partial charge in [0.05, 0.1) is 24.9 Å². The predicted octanol–water partition coefficient (Wildman–Crippen LogP) is 6.29. The van der Waals surface area contributed by atoms with E-state index < -0.39 is 46.9 Å². The Morgan fingerprint density at radius 1 is 0.978 bits per heavy atom. The van der Waals surface area contributed by atoms with E-state index in [2.05, 4.69) is 5.32 Å². The molecule has 10 nitrogen and oxygen atoms in total. The number of aromatic nitrogens is 1. The van der Waals surface area contributed by atoms with Crippen LogP contribution in [0.2, 0.25) is 0 Å². The van der Waals surface area contributed by atoms with Gasteiger partial charge in [0.1, 0.15) is 40.4 Å². The summed E-state index contributed by atoms with van der Waals surface area (Å²) in [6.45, 7) is 12.8. The van der Waals surface area contributed by atoms with Crippen LogP contribution < -0.4 is 14.8 Å². The molecule has 246 valence electrons. The van der Waals surface area contributed by atoms with Gasteiger partial charge in [0.15, 0.2) is 0 Å². The standard InChI is InChI=1S/C36H45N3O7/c1-9-23-20-36(23,32(41)45-34(2,3)4)38-31(40)29-18-25(21-39(29)33(42)46-35(5,6)7)44-30-19-27(22-13-11-10-12-14-22)37-28-17-24(43-8)15-16-26(28)30/h10-17,19,23,25,29H,9,18,20-21H2,1-8H3,(H,38,40)/t23?,25-,29+,36-/m1/s1. The molecule has 2 heterocycles. The third-order valence-electron chi connectivity index (χ3n) is 8.24. The highest BCUT2D eigenvalue weighted by atomic mass is 16.6. The quantitative estimate of drug-likeness (QED) is 0.288. The molecule has 1 aromatic heterocycles. The highest BCUT2D eigenvalue weighted by molar-refractivity contribution is 5.95. The average Bonchev–Trinajstić information content (AvgIpc) is 3.54. The van der Waals surface area contributed by atoms with Crippen LogP contribution in [0.25, 0.3) is 22.2 Å². The van der Waals surface area contributed by atoms with Gasteiger partial charge < -0.3 is 24.3 Å². The number of hydrogen-bond acceptors (Lipinski definition) is 8. The van der Waals surface area contributed by atoms with E-state index in [9.17, 15) is 14.4 Å². The maximum absolute atomic E-state index is 14.0. The Kier molecular flexibility index (Phi) is 8.94. The molecule has 1 saturated carbocycles. The summed E-state index contributed by atoms with van der Waals surface area (Å²) in [6.07, 6.45) is 0.223. The molecule has 3 aromatic rings. The van der Waals surface area contributed by atoms with Crippen molar-refractivity contribution in [2.75, 3.05) is 13.7 Å². The van der Waals surface area contributed by atoms with E-state index in [1.165, 1.54) is 4.90 Å². The Hall–Kier alpha value is -4.34. The van der Waals surface area contributed by atoms with Crippen LogP contribution in [-0.4, -0.2) is 70.4 Å². The largest absolute Gasteiger partial charge is 0.497 e. The van der Waals surface area contributed by atoms with Crippen LogP contribution in [-0.2, 0) is 19.1 Å². The van der Waals surface area contributed by atoms with Crippen LogP contribution in [0.15, 0.2) is 54.6 Å². The minimum Gasteiger partial charge on any atom is -0.497 e. The Morgan fingerprint density at radius 2 is 1.67 bits per heavy atom. The van der Waals surface area contributed by atoms with Gasteiger partial charge in [-0.05, 0) is 66.0 Å². The maximum Gasteiger partial charge on any atom is 0.411 e. The molecule has 0 bridgehead atoms. The molecule has 5 rings (SSSR count). The first kappa shape index (κ1) is 33.0. The zero-order chi connectivity index (χ0) is 33.4. The molecule has 4 atom stereocenters. The molecule has 2 fully saturated rings. The Bertz CT molecular complexity index is 1610. The lowest BCUT2D eigenvalue weighted by atomic mass is 10.1. The van der Waals surface area contributed by atoms with Crippen molar-refractivity contribution in [1.29, 1.82) is 0 Å². The number of esters is 1. The summed E-state index contributed by atoms with van der Waals surface area (Å²) < 4.78 is 23.5. The minimum absolute atomic E-state index is 0.0497. The zero-order valence-electron chi connectivity index (χ0n) is 28.0. The highest BCUT2D eigenvalue weighted by Crippen LogP contribution is 2.48. The van der Waals surface area contributed by atoms with Crippen molar-refractivity contribution in [1.82, 2.24) is 15.2 Å². The molecule has 1 N–H and O–H groups in total. The van der Waals surface area contributed by atoms with Gasteiger partial charge in [0.25, 0.3) is 0 Å². The number of nitrogens with zero attached hydrogens (tertiary/aromatic N) is 2. The van der Waals surface area contributed by atoms with Crippen LogP contribution >= 0.6 is 0 Å². The maximum atomic E-state index is 14.0. The number of hydrogen-bond donors (Lipinski definition) is 1. The van der Waals surface area contributed by atoms with Gasteiger partial charge in [0.2, 0.25) is 5.91 Å². The summed E-state index contributed by atoms with van der Waals surface area (Å²) in [7, 11) is 1.60. The number of nitrogens with one attached hydrogen (secondary N) is 1. The number of ether oxygens (including phenoxy) is 4. The third kappa shape index (κ3) is 7.21. The SMILES string of the molecule is CCC1C[C@]1(NC(=O)[C@@H]1C[C@@H](Oc2cc(-c3ccccc3)nc3cc(OC)ccc23)CN1C(=O)OC(C)(C)C)C(=O)OC(C)(C)C. The summed E-state index contributed by atoms with van der Waals surface area (Å²) in [5.41, 5.74) is -0.289. The number of amides is 2. The molecule has 1 aliphatic heterocycles. The number of fused-ring (bicyclic) bond motifs is 1. The molecule has 2 aromatic carbocycles. The van der Waals surface area contributed by atoms with Crippen molar-refractivity contribution in [2.45, 2.75) is 96.6 Å². The van der Waals surface area contributed by atoms with Crippen molar-refractivity contribution in [2.24, 2.45) is 5.92 Å². The van der Waals surface area contributed by atoms with Gasteiger partial charge in [-0.2, -0.15) is 0 Å². The van der Waals surface area contributed by atoms with Gasteiger partial charge in [-0.15, -0.1) is 0 Å². The predicted molar refractivity (Wildman–Crippen MR) is 175 cm³/mol. The molecule has 1 saturated heterocycles. The Morgan fingerprint density at radius 3 is 2.28 bits per heavy atom. The number of likely N-dealkylation sites (tertiary alicyclic amines) is 1. The molecule has 0 radical (unpaired) electrons. The summed E-state index contributed by atoms with van der Waals surface area (Å²) in [6, 6.07) is 16.3. The van der Waals surface area contributed by atoms with Gasteiger partial charge in [-0.1, -0.05) is 43.7 Å². The van der Waals surface area contributed by atoms with E-state index in [4.69, 9.17) is 23.9 Å². The van der Waals surface area contributed by atoms with Crippen molar-refractivity contribution in [3.05, 3.63) is 54.6 Å². The molecule has 1 aliphatic carbocycles. The normalized spacial score (nSPS) is 22.7. The summed E-state index contributed by atoms with van der Waals surface area (Å²) in [5, 5.41) is 3.76. The molecule has 46 heavy (non-hydrogen) atoms. The molecule has 0 spiro atoms. The lowest BCUT2D eigenvalue weighted by Gasteiger charge is -2.30. The van der Waals surface area contributed by atoms with Gasteiger partial charge >= 0.3 is 12.1 Å². The molecule has 10 heteroatoms. The lowest BCUT2D eigenvalue weighted by molar-refractivity contribution is -0.161. The van der Waals surface area contributed by atoms with Gasteiger partial charge in [0, 0.05) is 29.5 Å². The smallest absolute Gasteiger partial charge is 0.411 e. The Balaban J connectivity index is 1.45. The van der Waals surface area contributed by atoms with Gasteiger partial charge in [-0.25, -0.2) is 14.6 Å². The van der Waals surface area contributed by atoms with E-state index in [0.29, 0.717) is 35.6 Å². The zero-order valence-corrected chi connectivity index (χ0v) is 28.0. The van der Waals surface area contributed by atoms with E-state index in [1.807, 2.05) is 61.5 Å². The number of methoxy groups -OCH3 is 1. The first-order valence-corrected chi connectivity index (χ1v) is 15.9. The lowest BCUT2D eigenvalue weighted by Crippen LogP contribution is -2.54. The second kappa shape index (κ2) is 12.5. The van der Waals surface area contributed by atoms with E-state index in [1.54, 1.807) is 48.7 Å². The fourth-order valence-electron chi connectivity index (χ4n) is 5.94. The molecule has 2 aliphatic rings. The molecular formula is C36H45N3O7. The van der Waals surface area contributed by atoms with Crippen molar-refractivity contribution < 1.29 is 33.3 Å². The molecule has 1 unspecified atom stereocenters. The van der Waals surface area contributed by atoms with Crippen LogP contribution in [0.4, 0.5) is 4.79 Å². The van der Waals surface area contributed by atoms with E-state index in [0.717, 1.165) is 10.9 Å². The Labute approximate surface area is 270 Å². The van der Waals surface area contributed by atoms with Crippen LogP contribution in [0.1, 0.15) is 67.7 Å². The third-order valence-corrected chi connectivity index (χ3v) is 8.24. The van der Waals surface area contributed by atoms with Crippen molar-refractivity contribution in [3.8, 4) is 22.8 Å². The highest BCUT2D eigenvalue weighted by Gasteiger charge is 2.63. The van der Waals surface area contributed by atoms with Crippen molar-refractivity contribution in [3.63, 3.8) is 0 Å². The monoisotopic (exact) mass is 631 g/mol. The molecular weight excluding hydrogens is 586 g/mol. The fourth-order valence-corrected chi connectivity index (χ4v) is 5.94. The summed E-state index contributed by atoms with van der Waals surface area (Å²) in [5.74, 6) is 0.288. The van der Waals surface area contributed by atoms with Crippen LogP contribution in [0.3, 0.4) is 0 Å². The first-order chi connectivity index (χ1) is 21.6. The van der Waals surface area contributed by atoms with Crippen LogP contribution in [0.5, 0.6) is 11.5 Å². The average molecular weight is 632 g/mol. The first-order valence-electron chi connectivity index (χ1n) is 15.9. The summed E-state index contributed by atoms with van der Waals surface area (Å²) in [4.78, 5) is 47.0.